The number of amidine groups is 1. The maximum absolute atomic E-state index is 12.8. The van der Waals surface area contributed by atoms with E-state index < -0.39 is 0 Å². The number of rotatable bonds is 9. The summed E-state index contributed by atoms with van der Waals surface area (Å²) < 4.78 is 1.44. The maximum Gasteiger partial charge on any atom is 0.272 e. The van der Waals surface area contributed by atoms with Crippen molar-refractivity contribution in [3.8, 4) is 0 Å². The summed E-state index contributed by atoms with van der Waals surface area (Å²) in [6, 6.07) is 19.0. The van der Waals surface area contributed by atoms with Crippen molar-refractivity contribution in [2.24, 2.45) is 5.73 Å². The molecular formula is C24H27N5O2. The first-order chi connectivity index (χ1) is 14.9. The van der Waals surface area contributed by atoms with E-state index in [-0.39, 0.29) is 23.7 Å². The Hall–Kier alpha value is -3.87. The molecular weight excluding hydrogens is 390 g/mol. The van der Waals surface area contributed by atoms with Crippen molar-refractivity contribution in [3.63, 3.8) is 0 Å². The summed E-state index contributed by atoms with van der Waals surface area (Å²) in [5, 5.41) is 10.3. The lowest BCUT2D eigenvalue weighted by atomic mass is 10.1. The Bertz CT molecular complexity index is 1110. The highest BCUT2D eigenvalue weighted by Gasteiger charge is 2.12. The molecule has 0 aliphatic carbocycles. The van der Waals surface area contributed by atoms with Crippen LogP contribution in [0.2, 0.25) is 0 Å². The molecule has 3 rings (SSSR count). The van der Waals surface area contributed by atoms with Gasteiger partial charge in [-0.2, -0.15) is 0 Å². The van der Waals surface area contributed by atoms with Crippen molar-refractivity contribution in [1.82, 2.24) is 9.99 Å². The quantitative estimate of drug-likeness (QED) is 0.315. The number of carbonyl (C=O) groups excluding carboxylic acids is 1. The zero-order valence-electron chi connectivity index (χ0n) is 17.5. The van der Waals surface area contributed by atoms with Crippen LogP contribution in [0.15, 0.2) is 71.7 Å². The normalized spacial score (nSPS) is 10.5. The van der Waals surface area contributed by atoms with Gasteiger partial charge in [0.15, 0.2) is 0 Å². The molecule has 0 aliphatic rings. The topological polar surface area (TPSA) is 113 Å². The first-order valence-electron chi connectivity index (χ1n) is 10.1. The summed E-state index contributed by atoms with van der Waals surface area (Å²) in [6.45, 7) is 2.78. The lowest BCUT2D eigenvalue weighted by Crippen LogP contribution is -2.35. The molecule has 1 aromatic heterocycles. The Balaban J connectivity index is 1.58. The predicted molar refractivity (Wildman–Crippen MR) is 123 cm³/mol. The molecule has 7 heteroatoms. The fraction of sp³-hybridized carbons (Fsp3) is 0.208. The lowest BCUT2D eigenvalue weighted by Gasteiger charge is -2.13. The van der Waals surface area contributed by atoms with Crippen LogP contribution in [-0.4, -0.2) is 23.0 Å². The highest BCUT2D eigenvalue weighted by molar-refractivity contribution is 5.94. The van der Waals surface area contributed by atoms with Crippen LogP contribution in [0, 0.1) is 12.3 Å². The summed E-state index contributed by atoms with van der Waals surface area (Å²) in [7, 11) is 0. The molecule has 3 aromatic rings. The highest BCUT2D eigenvalue weighted by Crippen LogP contribution is 2.06. The largest absolute Gasteiger partial charge is 0.384 e. The number of nitrogens with zero attached hydrogens (tertiary/aromatic N) is 1. The number of hydrogen-bond donors (Lipinski definition) is 4. The monoisotopic (exact) mass is 417 g/mol. The number of nitrogens with two attached hydrogens (primary N) is 1. The molecule has 0 bridgehead atoms. The molecule has 2 aromatic carbocycles. The smallest absolute Gasteiger partial charge is 0.272 e. The van der Waals surface area contributed by atoms with Gasteiger partial charge in [-0.1, -0.05) is 54.6 Å². The Morgan fingerprint density at radius 1 is 1.03 bits per heavy atom. The van der Waals surface area contributed by atoms with Gasteiger partial charge in [0.1, 0.15) is 5.84 Å². The van der Waals surface area contributed by atoms with E-state index in [0.29, 0.717) is 24.2 Å². The first kappa shape index (κ1) is 21.8. The van der Waals surface area contributed by atoms with E-state index in [1.165, 1.54) is 10.2 Å². The third kappa shape index (κ3) is 6.05. The van der Waals surface area contributed by atoms with Gasteiger partial charge in [-0.15, -0.1) is 0 Å². The van der Waals surface area contributed by atoms with Crippen molar-refractivity contribution in [2.45, 2.75) is 26.3 Å². The van der Waals surface area contributed by atoms with Crippen LogP contribution in [-0.2, 0) is 24.2 Å². The molecule has 1 heterocycles. The molecule has 0 radical (unpaired) electrons. The average Bonchev–Trinajstić information content (AvgIpc) is 2.77. The van der Waals surface area contributed by atoms with Gasteiger partial charge < -0.3 is 16.5 Å². The van der Waals surface area contributed by atoms with Gasteiger partial charge in [-0.3, -0.25) is 15.0 Å². The van der Waals surface area contributed by atoms with Crippen molar-refractivity contribution in [3.05, 3.63) is 105 Å². The van der Waals surface area contributed by atoms with Crippen LogP contribution < -0.4 is 22.0 Å². The minimum absolute atomic E-state index is 0.00351. The summed E-state index contributed by atoms with van der Waals surface area (Å²) in [5.74, 6) is -0.221. The van der Waals surface area contributed by atoms with Crippen molar-refractivity contribution < 1.29 is 4.79 Å². The Labute approximate surface area is 181 Å². The molecule has 0 atom stereocenters. The molecule has 7 nitrogen and oxygen atoms in total. The van der Waals surface area contributed by atoms with Gasteiger partial charge in [-0.25, -0.2) is 4.68 Å². The predicted octanol–water partition coefficient (Wildman–Crippen LogP) is 2.09. The molecule has 0 saturated carbocycles. The zero-order chi connectivity index (χ0) is 22.2. The SMILES string of the molecule is Cc1ccn(NCCc2ccccc2)c(=O)c1CC(=O)NCc1ccc(C(=N)N)cc1. The second-order valence-corrected chi connectivity index (χ2v) is 7.36. The number of nitrogens with one attached hydrogen (secondary N) is 3. The summed E-state index contributed by atoms with van der Waals surface area (Å²) in [4.78, 5) is 25.3. The van der Waals surface area contributed by atoms with Crippen LogP contribution in [0.1, 0.15) is 27.8 Å². The molecule has 0 saturated heterocycles. The van der Waals surface area contributed by atoms with E-state index in [1.54, 1.807) is 18.3 Å². The average molecular weight is 418 g/mol. The van der Waals surface area contributed by atoms with E-state index in [9.17, 15) is 9.59 Å². The number of carbonyl (C=O) groups is 1. The highest BCUT2D eigenvalue weighted by atomic mass is 16.2. The molecule has 5 N–H and O–H groups in total. The van der Waals surface area contributed by atoms with E-state index >= 15 is 0 Å². The number of nitrogen functional groups attached to an aromatic ring is 1. The molecule has 31 heavy (non-hydrogen) atoms. The van der Waals surface area contributed by atoms with Crippen molar-refractivity contribution >= 4 is 11.7 Å². The standard InChI is InChI=1S/C24H27N5O2/c1-17-12-14-29(28-13-11-18-5-3-2-4-6-18)24(31)21(17)15-22(30)27-16-19-7-9-20(10-8-19)23(25)26/h2-10,12,14,28H,11,13,15-16H2,1H3,(H3,25,26)(H,27,30). The Kier molecular flexibility index (Phi) is 7.22. The number of benzene rings is 2. The summed E-state index contributed by atoms with van der Waals surface area (Å²) in [5.41, 5.74) is 12.3. The lowest BCUT2D eigenvalue weighted by molar-refractivity contribution is -0.120. The van der Waals surface area contributed by atoms with E-state index in [1.807, 2.05) is 55.5 Å². The number of amides is 1. The number of aromatic nitrogens is 1. The van der Waals surface area contributed by atoms with Gasteiger partial charge in [0.05, 0.1) is 6.42 Å². The third-order valence-electron chi connectivity index (χ3n) is 5.06. The summed E-state index contributed by atoms with van der Waals surface area (Å²) in [6.07, 6.45) is 2.50. The van der Waals surface area contributed by atoms with Crippen molar-refractivity contribution in [1.29, 1.82) is 5.41 Å². The minimum atomic E-state index is -0.224. The van der Waals surface area contributed by atoms with E-state index in [2.05, 4.69) is 10.7 Å². The fourth-order valence-electron chi connectivity index (χ4n) is 3.20. The molecule has 0 aliphatic heterocycles. The molecule has 160 valence electrons. The Morgan fingerprint density at radius 2 is 1.74 bits per heavy atom. The third-order valence-corrected chi connectivity index (χ3v) is 5.06. The molecule has 0 spiro atoms. The van der Waals surface area contributed by atoms with Gasteiger partial charge in [0.25, 0.3) is 5.56 Å². The van der Waals surface area contributed by atoms with Crippen LogP contribution >= 0.6 is 0 Å². The Morgan fingerprint density at radius 3 is 2.42 bits per heavy atom. The molecule has 0 fully saturated rings. The van der Waals surface area contributed by atoms with Gasteiger partial charge in [0.2, 0.25) is 5.91 Å². The van der Waals surface area contributed by atoms with Gasteiger partial charge >= 0.3 is 0 Å². The minimum Gasteiger partial charge on any atom is -0.384 e. The van der Waals surface area contributed by atoms with Gasteiger partial charge in [0, 0.05) is 30.4 Å². The molecule has 0 unspecified atom stereocenters. The first-order valence-corrected chi connectivity index (χ1v) is 10.1. The van der Waals surface area contributed by atoms with E-state index in [0.717, 1.165) is 17.5 Å². The second-order valence-electron chi connectivity index (χ2n) is 7.36. The number of hydrogen-bond acceptors (Lipinski definition) is 4. The molecule has 1 amide bonds. The fourth-order valence-corrected chi connectivity index (χ4v) is 3.20. The second kappa shape index (κ2) is 10.2. The number of aryl methyl sites for hydroxylation is 1. The van der Waals surface area contributed by atoms with Crippen LogP contribution in [0.3, 0.4) is 0 Å². The van der Waals surface area contributed by atoms with Crippen LogP contribution in [0.4, 0.5) is 0 Å². The van der Waals surface area contributed by atoms with Crippen LogP contribution in [0.5, 0.6) is 0 Å². The van der Waals surface area contributed by atoms with E-state index in [4.69, 9.17) is 11.1 Å². The maximum atomic E-state index is 12.8. The van der Waals surface area contributed by atoms with Gasteiger partial charge in [-0.05, 0) is 36.1 Å². The van der Waals surface area contributed by atoms with Crippen LogP contribution in [0.25, 0.3) is 0 Å². The zero-order valence-corrected chi connectivity index (χ0v) is 17.5. The summed E-state index contributed by atoms with van der Waals surface area (Å²) >= 11 is 0. The number of pyridine rings is 1. The van der Waals surface area contributed by atoms with Crippen molar-refractivity contribution in [2.75, 3.05) is 12.0 Å².